The summed E-state index contributed by atoms with van der Waals surface area (Å²) >= 11 is 5.87. The molecule has 0 atom stereocenters. The predicted octanol–water partition coefficient (Wildman–Crippen LogP) is 4.43. The number of nitrogens with zero attached hydrogens (tertiary/aromatic N) is 1. The first-order valence-electron chi connectivity index (χ1n) is 8.57. The molecule has 0 unspecified atom stereocenters. The van der Waals surface area contributed by atoms with Gasteiger partial charge >= 0.3 is 0 Å². The molecule has 6 nitrogen and oxygen atoms in total. The van der Waals surface area contributed by atoms with Crippen LogP contribution in [0, 0.1) is 0 Å². The van der Waals surface area contributed by atoms with Gasteiger partial charge in [0.05, 0.1) is 19.9 Å². The van der Waals surface area contributed by atoms with Gasteiger partial charge in [-0.15, -0.1) is 0 Å². The average Bonchev–Trinajstić information content (AvgIpc) is 2.73. The van der Waals surface area contributed by atoms with Gasteiger partial charge in [-0.3, -0.25) is 9.78 Å². The van der Waals surface area contributed by atoms with Gasteiger partial charge in [0.25, 0.3) is 5.91 Å². The van der Waals surface area contributed by atoms with Gasteiger partial charge in [0, 0.05) is 29.5 Å². The van der Waals surface area contributed by atoms with Crippen molar-refractivity contribution in [2.75, 3.05) is 19.5 Å². The predicted molar refractivity (Wildman–Crippen MR) is 110 cm³/mol. The summed E-state index contributed by atoms with van der Waals surface area (Å²) in [5.74, 6) is 1.08. The molecule has 1 aromatic heterocycles. The molecule has 0 aliphatic rings. The number of anilines is 2. The Morgan fingerprint density at radius 3 is 2.54 bits per heavy atom. The van der Waals surface area contributed by atoms with Crippen LogP contribution < -0.4 is 20.1 Å². The van der Waals surface area contributed by atoms with Gasteiger partial charge in [-0.1, -0.05) is 23.7 Å². The van der Waals surface area contributed by atoms with Crippen molar-refractivity contribution in [2.45, 2.75) is 6.54 Å². The van der Waals surface area contributed by atoms with Crippen molar-refractivity contribution in [3.05, 3.63) is 77.1 Å². The third kappa shape index (κ3) is 4.92. The first kappa shape index (κ1) is 19.5. The summed E-state index contributed by atoms with van der Waals surface area (Å²) in [6.07, 6.45) is 1.58. The third-order valence-corrected chi connectivity index (χ3v) is 4.30. The number of ether oxygens (including phenoxy) is 2. The number of carbonyl (C=O) groups excluding carboxylic acids is 1. The van der Waals surface area contributed by atoms with Crippen LogP contribution in [0.25, 0.3) is 0 Å². The molecule has 144 valence electrons. The normalized spacial score (nSPS) is 10.2. The molecule has 7 heteroatoms. The summed E-state index contributed by atoms with van der Waals surface area (Å²) in [5, 5.41) is 6.74. The summed E-state index contributed by atoms with van der Waals surface area (Å²) in [6, 6.07) is 16.2. The van der Waals surface area contributed by atoms with Crippen molar-refractivity contribution in [3.8, 4) is 11.5 Å². The number of carbonyl (C=O) groups is 1. The van der Waals surface area contributed by atoms with E-state index in [1.54, 1.807) is 44.7 Å². The molecule has 0 bridgehead atoms. The lowest BCUT2D eigenvalue weighted by atomic mass is 10.2. The SMILES string of the molecule is COc1ccc(OC)c(Nc2ccnc(C(=O)NCc3ccc(Cl)cc3)c2)c1. The minimum atomic E-state index is -0.267. The first-order chi connectivity index (χ1) is 13.6. The summed E-state index contributed by atoms with van der Waals surface area (Å²) in [7, 11) is 3.19. The maximum atomic E-state index is 12.4. The highest BCUT2D eigenvalue weighted by Crippen LogP contribution is 2.31. The van der Waals surface area contributed by atoms with Gasteiger partial charge in [0.15, 0.2) is 0 Å². The molecule has 1 heterocycles. The lowest BCUT2D eigenvalue weighted by Gasteiger charge is -2.13. The topological polar surface area (TPSA) is 72.5 Å². The molecule has 0 saturated carbocycles. The molecular weight excluding hydrogens is 378 g/mol. The Bertz CT molecular complexity index is 961. The van der Waals surface area contributed by atoms with Gasteiger partial charge in [0.2, 0.25) is 0 Å². The summed E-state index contributed by atoms with van der Waals surface area (Å²) < 4.78 is 10.6. The van der Waals surface area contributed by atoms with Gasteiger partial charge in [-0.05, 0) is 42.0 Å². The van der Waals surface area contributed by atoms with Crippen LogP contribution >= 0.6 is 11.6 Å². The van der Waals surface area contributed by atoms with Crippen LogP contribution in [0.1, 0.15) is 16.1 Å². The number of halogens is 1. The van der Waals surface area contributed by atoms with Crippen molar-refractivity contribution in [3.63, 3.8) is 0 Å². The minimum Gasteiger partial charge on any atom is -0.497 e. The number of nitrogens with one attached hydrogen (secondary N) is 2. The van der Waals surface area contributed by atoms with Crippen molar-refractivity contribution < 1.29 is 14.3 Å². The molecule has 0 aliphatic carbocycles. The Kier molecular flexibility index (Phi) is 6.34. The lowest BCUT2D eigenvalue weighted by molar-refractivity contribution is 0.0946. The third-order valence-electron chi connectivity index (χ3n) is 4.04. The van der Waals surface area contributed by atoms with E-state index in [-0.39, 0.29) is 5.91 Å². The second kappa shape index (κ2) is 9.10. The zero-order chi connectivity index (χ0) is 19.9. The molecule has 3 aromatic rings. The Hall–Kier alpha value is -3.25. The molecule has 0 aliphatic heterocycles. The van der Waals surface area contributed by atoms with E-state index in [4.69, 9.17) is 21.1 Å². The standard InChI is InChI=1S/C21H20ClN3O3/c1-27-17-7-8-20(28-2)18(12-17)25-16-9-10-23-19(11-16)21(26)24-13-14-3-5-15(22)6-4-14/h3-12H,13H2,1-2H3,(H,23,25)(H,24,26). The Morgan fingerprint density at radius 1 is 1.04 bits per heavy atom. The van der Waals surface area contributed by atoms with E-state index >= 15 is 0 Å². The lowest BCUT2D eigenvalue weighted by Crippen LogP contribution is -2.23. The quantitative estimate of drug-likeness (QED) is 0.617. The number of hydrogen-bond donors (Lipinski definition) is 2. The van der Waals surface area contributed by atoms with E-state index in [1.165, 1.54) is 0 Å². The number of benzene rings is 2. The summed E-state index contributed by atoms with van der Waals surface area (Å²) in [5.41, 5.74) is 2.69. The highest BCUT2D eigenvalue weighted by Gasteiger charge is 2.10. The Balaban J connectivity index is 1.71. The van der Waals surface area contributed by atoms with E-state index in [9.17, 15) is 4.79 Å². The zero-order valence-electron chi connectivity index (χ0n) is 15.5. The molecule has 2 N–H and O–H groups in total. The first-order valence-corrected chi connectivity index (χ1v) is 8.94. The van der Waals surface area contributed by atoms with Crippen LogP contribution in [0.3, 0.4) is 0 Å². The minimum absolute atomic E-state index is 0.267. The molecule has 0 radical (unpaired) electrons. The van der Waals surface area contributed by atoms with Crippen molar-refractivity contribution >= 4 is 28.9 Å². The molecular formula is C21H20ClN3O3. The number of amides is 1. The van der Waals surface area contributed by atoms with Crippen molar-refractivity contribution in [2.24, 2.45) is 0 Å². The number of methoxy groups -OCH3 is 2. The molecule has 0 spiro atoms. The fourth-order valence-corrected chi connectivity index (χ4v) is 2.70. The van der Waals surface area contributed by atoms with Crippen LogP contribution in [0.2, 0.25) is 5.02 Å². The largest absolute Gasteiger partial charge is 0.497 e. The van der Waals surface area contributed by atoms with E-state index in [0.717, 1.165) is 11.3 Å². The van der Waals surface area contributed by atoms with Gasteiger partial charge in [-0.25, -0.2) is 0 Å². The van der Waals surface area contributed by atoms with Gasteiger partial charge in [0.1, 0.15) is 17.2 Å². The van der Waals surface area contributed by atoms with Gasteiger partial charge in [-0.2, -0.15) is 0 Å². The maximum Gasteiger partial charge on any atom is 0.270 e. The Morgan fingerprint density at radius 2 is 1.82 bits per heavy atom. The smallest absolute Gasteiger partial charge is 0.270 e. The van der Waals surface area contributed by atoms with Crippen LogP contribution in [0.5, 0.6) is 11.5 Å². The number of pyridine rings is 1. The van der Waals surface area contributed by atoms with Crippen LogP contribution in [-0.4, -0.2) is 25.1 Å². The molecule has 0 fully saturated rings. The maximum absolute atomic E-state index is 12.4. The Labute approximate surface area is 168 Å². The molecule has 3 rings (SSSR count). The summed E-state index contributed by atoms with van der Waals surface area (Å²) in [4.78, 5) is 16.6. The van der Waals surface area contributed by atoms with E-state index in [1.807, 2.05) is 30.3 Å². The van der Waals surface area contributed by atoms with Crippen molar-refractivity contribution in [1.29, 1.82) is 0 Å². The second-order valence-corrected chi connectivity index (χ2v) is 6.37. The number of rotatable bonds is 7. The molecule has 1 amide bonds. The van der Waals surface area contributed by atoms with Crippen LogP contribution in [0.4, 0.5) is 11.4 Å². The van der Waals surface area contributed by atoms with E-state index in [0.29, 0.717) is 34.4 Å². The fourth-order valence-electron chi connectivity index (χ4n) is 2.57. The zero-order valence-corrected chi connectivity index (χ0v) is 16.3. The summed E-state index contributed by atoms with van der Waals surface area (Å²) in [6.45, 7) is 0.388. The molecule has 2 aromatic carbocycles. The van der Waals surface area contributed by atoms with Crippen molar-refractivity contribution in [1.82, 2.24) is 10.3 Å². The second-order valence-electron chi connectivity index (χ2n) is 5.93. The average molecular weight is 398 g/mol. The monoisotopic (exact) mass is 397 g/mol. The molecule has 28 heavy (non-hydrogen) atoms. The highest BCUT2D eigenvalue weighted by atomic mass is 35.5. The highest BCUT2D eigenvalue weighted by molar-refractivity contribution is 6.30. The van der Waals surface area contributed by atoms with E-state index < -0.39 is 0 Å². The van der Waals surface area contributed by atoms with Crippen LogP contribution in [0.15, 0.2) is 60.8 Å². The van der Waals surface area contributed by atoms with E-state index in [2.05, 4.69) is 15.6 Å². The fraction of sp³-hybridized carbons (Fsp3) is 0.143. The van der Waals surface area contributed by atoms with Gasteiger partial charge < -0.3 is 20.1 Å². The van der Waals surface area contributed by atoms with Crippen LogP contribution in [-0.2, 0) is 6.54 Å². The number of hydrogen-bond acceptors (Lipinski definition) is 5. The molecule has 0 saturated heterocycles. The number of aromatic nitrogens is 1.